The van der Waals surface area contributed by atoms with Gasteiger partial charge in [-0.15, -0.1) is 24.0 Å². The fraction of sp³-hybridized carbons (Fsp3) is 0.882. The van der Waals surface area contributed by atoms with Gasteiger partial charge in [0, 0.05) is 46.2 Å². The van der Waals surface area contributed by atoms with Gasteiger partial charge in [0.2, 0.25) is 5.91 Å². The van der Waals surface area contributed by atoms with E-state index in [1.54, 1.807) is 6.92 Å². The van der Waals surface area contributed by atoms with Crippen LogP contribution in [0.25, 0.3) is 0 Å². The maximum absolute atomic E-state index is 11.4. The Bertz CT molecular complexity index is 414. The van der Waals surface area contributed by atoms with Crippen LogP contribution in [0, 0.1) is 17.8 Å². The molecule has 3 fully saturated rings. The number of aliphatic imine (C=N–C) groups is 1. The van der Waals surface area contributed by atoms with Crippen molar-refractivity contribution in [3.8, 4) is 0 Å². The number of halogens is 1. The first-order valence-corrected chi connectivity index (χ1v) is 8.97. The summed E-state index contributed by atoms with van der Waals surface area (Å²) in [5.74, 6) is 3.97. The van der Waals surface area contributed by atoms with Gasteiger partial charge in [-0.2, -0.15) is 0 Å². The summed E-state index contributed by atoms with van der Waals surface area (Å²) >= 11 is 0. The largest absolute Gasteiger partial charge is 0.357 e. The van der Waals surface area contributed by atoms with Crippen molar-refractivity contribution in [2.75, 3.05) is 39.3 Å². The van der Waals surface area contributed by atoms with E-state index in [0.717, 1.165) is 63.0 Å². The average molecular weight is 434 g/mol. The fourth-order valence-corrected chi connectivity index (χ4v) is 3.58. The minimum atomic E-state index is 0. The summed E-state index contributed by atoms with van der Waals surface area (Å²) in [5, 5.41) is 3.44. The van der Waals surface area contributed by atoms with Gasteiger partial charge in [0.1, 0.15) is 0 Å². The Morgan fingerprint density at radius 1 is 1.09 bits per heavy atom. The Morgan fingerprint density at radius 3 is 2.04 bits per heavy atom. The Labute approximate surface area is 157 Å². The third-order valence-corrected chi connectivity index (χ3v) is 5.27. The minimum Gasteiger partial charge on any atom is -0.357 e. The molecular weight excluding hydrogens is 403 g/mol. The molecule has 0 bridgehead atoms. The molecule has 6 heteroatoms. The van der Waals surface area contributed by atoms with Crippen LogP contribution >= 0.6 is 24.0 Å². The van der Waals surface area contributed by atoms with E-state index in [2.05, 4.69) is 17.1 Å². The van der Waals surface area contributed by atoms with E-state index in [1.165, 1.54) is 25.7 Å². The van der Waals surface area contributed by atoms with Crippen LogP contribution in [0.4, 0.5) is 0 Å². The molecule has 0 aromatic carbocycles. The molecular formula is C17H31IN4O. The summed E-state index contributed by atoms with van der Waals surface area (Å²) in [6, 6.07) is 0. The van der Waals surface area contributed by atoms with Crippen LogP contribution < -0.4 is 5.32 Å². The normalized spacial score (nSPS) is 22.1. The van der Waals surface area contributed by atoms with Crippen LogP contribution in [-0.2, 0) is 4.79 Å². The highest BCUT2D eigenvalue weighted by Gasteiger charge is 2.41. The molecule has 1 heterocycles. The SMILES string of the molecule is CCNC(=NCC(C1CC1)C1CC1)N1CCN(C(C)=O)CC1.I. The Hall–Kier alpha value is -0.530. The zero-order valence-electron chi connectivity index (χ0n) is 14.5. The number of rotatable bonds is 5. The number of nitrogens with one attached hydrogen (secondary N) is 1. The summed E-state index contributed by atoms with van der Waals surface area (Å²) in [6.07, 6.45) is 5.68. The number of carbonyl (C=O) groups excluding carboxylic acids is 1. The van der Waals surface area contributed by atoms with Gasteiger partial charge in [-0.25, -0.2) is 0 Å². The second-order valence-corrected chi connectivity index (χ2v) is 7.03. The number of guanidine groups is 1. The van der Waals surface area contributed by atoms with Gasteiger partial charge in [0.15, 0.2) is 5.96 Å². The molecule has 0 aromatic rings. The predicted molar refractivity (Wildman–Crippen MR) is 104 cm³/mol. The second-order valence-electron chi connectivity index (χ2n) is 7.03. The van der Waals surface area contributed by atoms with Crippen molar-refractivity contribution in [3.63, 3.8) is 0 Å². The lowest BCUT2D eigenvalue weighted by molar-refractivity contribution is -0.130. The van der Waals surface area contributed by atoms with E-state index in [0.29, 0.717) is 0 Å². The third kappa shape index (κ3) is 5.22. The molecule has 3 aliphatic rings. The molecule has 1 amide bonds. The monoisotopic (exact) mass is 434 g/mol. The highest BCUT2D eigenvalue weighted by molar-refractivity contribution is 14.0. The van der Waals surface area contributed by atoms with Crippen molar-refractivity contribution in [3.05, 3.63) is 0 Å². The van der Waals surface area contributed by atoms with Gasteiger partial charge >= 0.3 is 0 Å². The molecule has 132 valence electrons. The highest BCUT2D eigenvalue weighted by atomic mass is 127. The van der Waals surface area contributed by atoms with Crippen molar-refractivity contribution in [2.24, 2.45) is 22.7 Å². The van der Waals surface area contributed by atoms with Crippen LogP contribution in [0.15, 0.2) is 4.99 Å². The van der Waals surface area contributed by atoms with E-state index >= 15 is 0 Å². The smallest absolute Gasteiger partial charge is 0.219 e. The Balaban J connectivity index is 0.00000192. The van der Waals surface area contributed by atoms with Gasteiger partial charge in [-0.3, -0.25) is 9.79 Å². The number of hydrogen-bond acceptors (Lipinski definition) is 2. The van der Waals surface area contributed by atoms with E-state index < -0.39 is 0 Å². The predicted octanol–water partition coefficient (Wildman–Crippen LogP) is 2.17. The summed E-state index contributed by atoms with van der Waals surface area (Å²) in [6.45, 7) is 9.09. The molecule has 0 spiro atoms. The molecule has 2 saturated carbocycles. The molecule has 0 unspecified atom stereocenters. The number of nitrogens with zero attached hydrogens (tertiary/aromatic N) is 3. The van der Waals surface area contributed by atoms with Gasteiger partial charge in [-0.05, 0) is 50.4 Å². The number of amides is 1. The number of hydrogen-bond donors (Lipinski definition) is 1. The van der Waals surface area contributed by atoms with Crippen molar-refractivity contribution in [1.82, 2.24) is 15.1 Å². The zero-order valence-corrected chi connectivity index (χ0v) is 16.8. The van der Waals surface area contributed by atoms with Gasteiger partial charge in [-0.1, -0.05) is 0 Å². The first kappa shape index (κ1) is 18.8. The molecule has 0 atom stereocenters. The summed E-state index contributed by atoms with van der Waals surface area (Å²) in [7, 11) is 0. The third-order valence-electron chi connectivity index (χ3n) is 5.27. The Kier molecular flexibility index (Phi) is 6.98. The highest BCUT2D eigenvalue weighted by Crippen LogP contribution is 2.49. The van der Waals surface area contributed by atoms with Crippen LogP contribution in [0.5, 0.6) is 0 Å². The van der Waals surface area contributed by atoms with Gasteiger partial charge in [0.25, 0.3) is 0 Å². The Morgan fingerprint density at radius 2 is 1.61 bits per heavy atom. The van der Waals surface area contributed by atoms with E-state index in [1.807, 2.05) is 4.90 Å². The minimum absolute atomic E-state index is 0. The van der Waals surface area contributed by atoms with E-state index in [-0.39, 0.29) is 29.9 Å². The van der Waals surface area contributed by atoms with E-state index in [4.69, 9.17) is 4.99 Å². The molecule has 3 rings (SSSR count). The lowest BCUT2D eigenvalue weighted by Gasteiger charge is -2.36. The van der Waals surface area contributed by atoms with E-state index in [9.17, 15) is 4.79 Å². The zero-order chi connectivity index (χ0) is 15.5. The quantitative estimate of drug-likeness (QED) is 0.410. The molecule has 1 aliphatic heterocycles. The van der Waals surface area contributed by atoms with Crippen LogP contribution in [0.1, 0.15) is 39.5 Å². The van der Waals surface area contributed by atoms with Crippen molar-refractivity contribution >= 4 is 35.8 Å². The number of piperazine rings is 1. The van der Waals surface area contributed by atoms with Crippen molar-refractivity contribution < 1.29 is 4.79 Å². The standard InChI is InChI=1S/C17H30N4O.HI/c1-3-18-17(21-10-8-20(9-11-21)13(2)22)19-12-16(14-4-5-14)15-6-7-15;/h14-16H,3-12H2,1-2H3,(H,18,19);1H. The fourth-order valence-electron chi connectivity index (χ4n) is 3.58. The molecule has 2 aliphatic carbocycles. The van der Waals surface area contributed by atoms with Gasteiger partial charge in [0.05, 0.1) is 0 Å². The molecule has 1 N–H and O–H groups in total. The molecule has 0 radical (unpaired) electrons. The second kappa shape index (κ2) is 8.53. The first-order chi connectivity index (χ1) is 10.7. The van der Waals surface area contributed by atoms with Crippen molar-refractivity contribution in [2.45, 2.75) is 39.5 Å². The first-order valence-electron chi connectivity index (χ1n) is 8.97. The lowest BCUT2D eigenvalue weighted by atomic mass is 9.98. The maximum Gasteiger partial charge on any atom is 0.219 e. The topological polar surface area (TPSA) is 47.9 Å². The van der Waals surface area contributed by atoms with Crippen molar-refractivity contribution in [1.29, 1.82) is 0 Å². The molecule has 23 heavy (non-hydrogen) atoms. The molecule has 1 saturated heterocycles. The maximum atomic E-state index is 11.4. The average Bonchev–Trinajstić information content (AvgIpc) is 3.39. The molecule has 0 aromatic heterocycles. The summed E-state index contributed by atoms with van der Waals surface area (Å²) in [5.41, 5.74) is 0. The lowest BCUT2D eigenvalue weighted by Crippen LogP contribution is -2.53. The van der Waals surface area contributed by atoms with Gasteiger partial charge < -0.3 is 15.1 Å². The van der Waals surface area contributed by atoms with Crippen LogP contribution in [0.2, 0.25) is 0 Å². The summed E-state index contributed by atoms with van der Waals surface area (Å²) in [4.78, 5) is 20.6. The molecule has 5 nitrogen and oxygen atoms in total. The summed E-state index contributed by atoms with van der Waals surface area (Å²) < 4.78 is 0. The van der Waals surface area contributed by atoms with Crippen LogP contribution in [0.3, 0.4) is 0 Å². The van der Waals surface area contributed by atoms with Crippen LogP contribution in [-0.4, -0.2) is 60.9 Å². The number of carbonyl (C=O) groups is 1.